The molecule has 0 aliphatic carbocycles. The van der Waals surface area contributed by atoms with Gasteiger partial charge in [-0.25, -0.2) is 4.99 Å². The van der Waals surface area contributed by atoms with Crippen LogP contribution in [0.15, 0.2) is 109 Å². The molecule has 3 aromatic heterocycles. The third kappa shape index (κ3) is 4.83. The number of nitrogens with one attached hydrogen (secondary N) is 2. The van der Waals surface area contributed by atoms with Crippen LogP contribution in [0.2, 0.25) is 0 Å². The van der Waals surface area contributed by atoms with Gasteiger partial charge in [-0.2, -0.15) is 0 Å². The molecular weight excluding hydrogens is 424 g/mol. The van der Waals surface area contributed by atoms with Crippen LogP contribution in [0, 0.1) is 0 Å². The molecule has 0 unspecified atom stereocenters. The summed E-state index contributed by atoms with van der Waals surface area (Å²) >= 11 is 0. The van der Waals surface area contributed by atoms with Crippen molar-refractivity contribution in [3.8, 4) is 0 Å². The molecule has 2 N–H and O–H groups in total. The Bertz CT molecular complexity index is 1500. The van der Waals surface area contributed by atoms with Gasteiger partial charge in [-0.3, -0.25) is 14.8 Å². The SMILES string of the molecule is Cn1ccc(=Nc2ccc(NC(=O)c3ccc(Nc4ccnc5cccnc45)cc3)cc2)cc1. The van der Waals surface area contributed by atoms with Crippen molar-refractivity contribution < 1.29 is 4.79 Å². The Morgan fingerprint density at radius 3 is 2.32 bits per heavy atom. The molecule has 0 saturated carbocycles. The first-order valence-electron chi connectivity index (χ1n) is 10.8. The number of nitrogens with zero attached hydrogens (tertiary/aromatic N) is 4. The summed E-state index contributed by atoms with van der Waals surface area (Å²) in [5.74, 6) is -0.178. The summed E-state index contributed by atoms with van der Waals surface area (Å²) in [7, 11) is 1.96. The van der Waals surface area contributed by atoms with E-state index in [2.05, 4.69) is 25.6 Å². The Hall–Kier alpha value is -4.78. The average Bonchev–Trinajstić information content (AvgIpc) is 2.87. The van der Waals surface area contributed by atoms with E-state index in [0.29, 0.717) is 11.3 Å². The zero-order valence-corrected chi connectivity index (χ0v) is 18.5. The second-order valence-electron chi connectivity index (χ2n) is 7.77. The largest absolute Gasteiger partial charge is 0.357 e. The van der Waals surface area contributed by atoms with E-state index < -0.39 is 0 Å². The minimum atomic E-state index is -0.178. The average molecular weight is 447 g/mol. The summed E-state index contributed by atoms with van der Waals surface area (Å²) < 4.78 is 1.96. The molecule has 7 heteroatoms. The highest BCUT2D eigenvalue weighted by atomic mass is 16.1. The van der Waals surface area contributed by atoms with E-state index in [4.69, 9.17) is 0 Å². The molecule has 0 fully saturated rings. The molecule has 0 atom stereocenters. The van der Waals surface area contributed by atoms with Gasteiger partial charge in [0.1, 0.15) is 5.52 Å². The van der Waals surface area contributed by atoms with Gasteiger partial charge in [0.05, 0.1) is 22.2 Å². The fraction of sp³-hybridized carbons (Fsp3) is 0.0370. The third-order valence-electron chi connectivity index (χ3n) is 5.27. The van der Waals surface area contributed by atoms with Gasteiger partial charge < -0.3 is 15.2 Å². The minimum absolute atomic E-state index is 0.178. The van der Waals surface area contributed by atoms with Gasteiger partial charge in [0.2, 0.25) is 0 Å². The zero-order chi connectivity index (χ0) is 23.3. The van der Waals surface area contributed by atoms with Crippen LogP contribution < -0.4 is 16.0 Å². The van der Waals surface area contributed by atoms with Crippen LogP contribution >= 0.6 is 0 Å². The summed E-state index contributed by atoms with van der Waals surface area (Å²) in [4.78, 5) is 26.0. The van der Waals surface area contributed by atoms with Crippen molar-refractivity contribution in [1.29, 1.82) is 0 Å². The zero-order valence-electron chi connectivity index (χ0n) is 18.5. The minimum Gasteiger partial charge on any atom is -0.357 e. The van der Waals surface area contributed by atoms with Crippen LogP contribution in [0.25, 0.3) is 11.0 Å². The number of anilines is 3. The molecule has 5 rings (SSSR count). The lowest BCUT2D eigenvalue weighted by Gasteiger charge is -2.10. The van der Waals surface area contributed by atoms with Crippen LogP contribution in [0.1, 0.15) is 10.4 Å². The molecule has 166 valence electrons. The molecule has 0 aliphatic heterocycles. The van der Waals surface area contributed by atoms with Crippen LogP contribution in [-0.2, 0) is 7.05 Å². The van der Waals surface area contributed by atoms with E-state index in [1.807, 2.05) is 90.7 Å². The van der Waals surface area contributed by atoms with Crippen molar-refractivity contribution in [3.05, 3.63) is 115 Å². The Morgan fingerprint density at radius 2 is 1.56 bits per heavy atom. The predicted molar refractivity (Wildman–Crippen MR) is 134 cm³/mol. The number of pyridine rings is 3. The summed E-state index contributed by atoms with van der Waals surface area (Å²) in [5.41, 5.74) is 5.42. The lowest BCUT2D eigenvalue weighted by atomic mass is 10.1. The van der Waals surface area contributed by atoms with Crippen molar-refractivity contribution in [3.63, 3.8) is 0 Å². The van der Waals surface area contributed by atoms with E-state index >= 15 is 0 Å². The Labute approximate surface area is 196 Å². The highest BCUT2D eigenvalue weighted by Crippen LogP contribution is 2.23. The predicted octanol–water partition coefficient (Wildman–Crippen LogP) is 5.20. The number of hydrogen-bond donors (Lipinski definition) is 2. The molecule has 0 bridgehead atoms. The maximum absolute atomic E-state index is 12.7. The number of carbonyl (C=O) groups excluding carboxylic acids is 1. The molecule has 7 nitrogen and oxygen atoms in total. The Kier molecular flexibility index (Phi) is 5.82. The molecule has 3 heterocycles. The molecule has 0 saturated heterocycles. The number of aromatic nitrogens is 3. The molecule has 0 aliphatic rings. The van der Waals surface area contributed by atoms with Gasteiger partial charge in [-0.15, -0.1) is 0 Å². The van der Waals surface area contributed by atoms with E-state index in [9.17, 15) is 4.79 Å². The molecule has 0 spiro atoms. The standard InChI is InChI=1S/C27H22N6O/c1-33-17-13-23(14-18-33)30-20-8-10-22(11-9-20)32-27(34)19-4-6-21(7-5-19)31-25-12-16-28-24-3-2-15-29-26(24)25/h2-18H,1H3,(H,28,31)(H,32,34). The number of rotatable bonds is 5. The molecule has 0 radical (unpaired) electrons. The van der Waals surface area contributed by atoms with Crippen LogP contribution in [0.4, 0.5) is 22.7 Å². The van der Waals surface area contributed by atoms with Crippen molar-refractivity contribution in [1.82, 2.24) is 14.5 Å². The lowest BCUT2D eigenvalue weighted by molar-refractivity contribution is 0.102. The van der Waals surface area contributed by atoms with Crippen LogP contribution in [0.3, 0.4) is 0 Å². The maximum atomic E-state index is 12.7. The molecule has 2 aromatic carbocycles. The quantitative estimate of drug-likeness (QED) is 0.389. The highest BCUT2D eigenvalue weighted by Gasteiger charge is 2.08. The highest BCUT2D eigenvalue weighted by molar-refractivity contribution is 6.04. The molecule has 34 heavy (non-hydrogen) atoms. The summed E-state index contributed by atoms with van der Waals surface area (Å²) in [5, 5.41) is 7.15. The van der Waals surface area contributed by atoms with E-state index in [0.717, 1.165) is 33.5 Å². The number of fused-ring (bicyclic) bond motifs is 1. The first-order valence-corrected chi connectivity index (χ1v) is 10.8. The van der Waals surface area contributed by atoms with Gasteiger partial charge in [0.15, 0.2) is 0 Å². The van der Waals surface area contributed by atoms with Crippen LogP contribution in [0.5, 0.6) is 0 Å². The molecular formula is C27H22N6O. The number of amides is 1. The van der Waals surface area contributed by atoms with E-state index in [-0.39, 0.29) is 5.91 Å². The van der Waals surface area contributed by atoms with Crippen molar-refractivity contribution in [2.75, 3.05) is 10.6 Å². The number of hydrogen-bond acceptors (Lipinski definition) is 5. The number of carbonyl (C=O) groups is 1. The summed E-state index contributed by atoms with van der Waals surface area (Å²) in [6.07, 6.45) is 7.38. The molecule has 5 aromatic rings. The van der Waals surface area contributed by atoms with Gasteiger partial charge in [0, 0.05) is 48.8 Å². The fourth-order valence-corrected chi connectivity index (χ4v) is 3.48. The first kappa shape index (κ1) is 21.1. The fourth-order valence-electron chi connectivity index (χ4n) is 3.48. The van der Waals surface area contributed by atoms with Gasteiger partial charge in [-0.1, -0.05) is 0 Å². The topological polar surface area (TPSA) is 84.2 Å². The lowest BCUT2D eigenvalue weighted by Crippen LogP contribution is -2.11. The second-order valence-corrected chi connectivity index (χ2v) is 7.77. The van der Waals surface area contributed by atoms with Crippen molar-refractivity contribution in [2.45, 2.75) is 0 Å². The third-order valence-corrected chi connectivity index (χ3v) is 5.27. The van der Waals surface area contributed by atoms with Gasteiger partial charge in [-0.05, 0) is 78.9 Å². The van der Waals surface area contributed by atoms with Crippen LogP contribution in [-0.4, -0.2) is 20.4 Å². The Morgan fingerprint density at radius 1 is 0.824 bits per heavy atom. The number of aryl methyl sites for hydroxylation is 1. The normalized spacial score (nSPS) is 10.6. The maximum Gasteiger partial charge on any atom is 0.255 e. The summed E-state index contributed by atoms with van der Waals surface area (Å²) in [6.45, 7) is 0. The second kappa shape index (κ2) is 9.38. The van der Waals surface area contributed by atoms with Gasteiger partial charge in [0.25, 0.3) is 5.91 Å². The number of benzene rings is 2. The van der Waals surface area contributed by atoms with Crippen molar-refractivity contribution in [2.24, 2.45) is 12.0 Å². The van der Waals surface area contributed by atoms with Gasteiger partial charge >= 0.3 is 0 Å². The van der Waals surface area contributed by atoms with E-state index in [1.54, 1.807) is 24.5 Å². The first-order chi connectivity index (χ1) is 16.6. The smallest absolute Gasteiger partial charge is 0.255 e. The molecule has 1 amide bonds. The van der Waals surface area contributed by atoms with Crippen molar-refractivity contribution >= 4 is 39.7 Å². The van der Waals surface area contributed by atoms with E-state index in [1.165, 1.54) is 0 Å². The summed E-state index contributed by atoms with van der Waals surface area (Å²) in [6, 6.07) is 24.3. The monoisotopic (exact) mass is 446 g/mol. The Balaban J connectivity index is 1.25.